The van der Waals surface area contributed by atoms with Crippen LogP contribution in [0.2, 0.25) is 0 Å². The zero-order valence-electron chi connectivity index (χ0n) is 13.3. The molecule has 4 heteroatoms. The van der Waals surface area contributed by atoms with Gasteiger partial charge in [0, 0.05) is 12.5 Å². The van der Waals surface area contributed by atoms with Crippen LogP contribution in [-0.2, 0) is 11.2 Å². The SMILES string of the molecule is COC1=CCC2C(CCNC2Cc2ccc(OC)c(O)c2)C1. The Hall–Kier alpha value is -1.68. The van der Waals surface area contributed by atoms with E-state index < -0.39 is 0 Å². The Morgan fingerprint density at radius 1 is 1.27 bits per heavy atom. The molecule has 0 spiro atoms. The topological polar surface area (TPSA) is 50.7 Å². The number of phenols is 1. The van der Waals surface area contributed by atoms with Crippen molar-refractivity contribution in [3.8, 4) is 11.5 Å². The lowest BCUT2D eigenvalue weighted by atomic mass is 9.72. The quantitative estimate of drug-likeness (QED) is 0.898. The minimum atomic E-state index is 0.220. The summed E-state index contributed by atoms with van der Waals surface area (Å²) in [5.74, 6) is 3.25. The summed E-state index contributed by atoms with van der Waals surface area (Å²) in [6.07, 6.45) is 6.54. The lowest BCUT2D eigenvalue weighted by Crippen LogP contribution is -2.48. The van der Waals surface area contributed by atoms with Crippen molar-refractivity contribution in [2.75, 3.05) is 20.8 Å². The van der Waals surface area contributed by atoms with Crippen LogP contribution >= 0.6 is 0 Å². The molecule has 1 aromatic carbocycles. The molecule has 0 amide bonds. The van der Waals surface area contributed by atoms with E-state index in [-0.39, 0.29) is 5.75 Å². The number of hydrogen-bond donors (Lipinski definition) is 2. The molecular formula is C18H25NO3. The molecule has 1 heterocycles. The summed E-state index contributed by atoms with van der Waals surface area (Å²) in [5, 5.41) is 13.6. The Bertz CT molecular complexity index is 555. The summed E-state index contributed by atoms with van der Waals surface area (Å²) in [5.41, 5.74) is 1.15. The van der Waals surface area contributed by atoms with Gasteiger partial charge in [0.15, 0.2) is 11.5 Å². The van der Waals surface area contributed by atoms with Gasteiger partial charge < -0.3 is 19.9 Å². The third kappa shape index (κ3) is 3.07. The summed E-state index contributed by atoms with van der Waals surface area (Å²) in [6, 6.07) is 6.17. The normalized spacial score (nSPS) is 27.7. The third-order valence-corrected chi connectivity index (χ3v) is 5.09. The van der Waals surface area contributed by atoms with Gasteiger partial charge in [0.2, 0.25) is 0 Å². The molecule has 1 fully saturated rings. The smallest absolute Gasteiger partial charge is 0.160 e. The van der Waals surface area contributed by atoms with E-state index in [9.17, 15) is 5.11 Å². The third-order valence-electron chi connectivity index (χ3n) is 5.09. The first-order chi connectivity index (χ1) is 10.7. The maximum absolute atomic E-state index is 9.95. The van der Waals surface area contributed by atoms with Gasteiger partial charge in [0.1, 0.15) is 0 Å². The standard InChI is InChI=1S/C18H25NO3/c1-21-14-4-5-15-13(11-14)7-8-19-16(15)9-12-3-6-18(22-2)17(20)10-12/h3-4,6,10,13,15-16,19-20H,5,7-9,11H2,1-2H3. The van der Waals surface area contributed by atoms with Crippen LogP contribution in [0.1, 0.15) is 24.8 Å². The molecule has 22 heavy (non-hydrogen) atoms. The van der Waals surface area contributed by atoms with Gasteiger partial charge in [-0.2, -0.15) is 0 Å². The Morgan fingerprint density at radius 2 is 2.14 bits per heavy atom. The van der Waals surface area contributed by atoms with Crippen molar-refractivity contribution in [1.29, 1.82) is 0 Å². The highest BCUT2D eigenvalue weighted by atomic mass is 16.5. The van der Waals surface area contributed by atoms with Crippen LogP contribution < -0.4 is 10.1 Å². The number of nitrogens with one attached hydrogen (secondary N) is 1. The van der Waals surface area contributed by atoms with Crippen LogP contribution in [0, 0.1) is 11.8 Å². The molecule has 120 valence electrons. The Morgan fingerprint density at radius 3 is 2.86 bits per heavy atom. The number of fused-ring (bicyclic) bond motifs is 1. The van der Waals surface area contributed by atoms with Crippen molar-refractivity contribution in [3.63, 3.8) is 0 Å². The van der Waals surface area contributed by atoms with Crippen LogP contribution in [0.15, 0.2) is 30.0 Å². The maximum atomic E-state index is 9.95. The largest absolute Gasteiger partial charge is 0.504 e. The number of phenolic OH excluding ortho intramolecular Hbond substituents is 1. The van der Waals surface area contributed by atoms with E-state index in [1.807, 2.05) is 18.2 Å². The van der Waals surface area contributed by atoms with Crippen molar-refractivity contribution in [2.24, 2.45) is 11.8 Å². The fourth-order valence-corrected chi connectivity index (χ4v) is 3.87. The van der Waals surface area contributed by atoms with Crippen molar-refractivity contribution >= 4 is 0 Å². The minimum absolute atomic E-state index is 0.220. The van der Waals surface area contributed by atoms with E-state index in [1.165, 1.54) is 6.42 Å². The molecule has 0 saturated carbocycles. The molecule has 1 aliphatic carbocycles. The maximum Gasteiger partial charge on any atom is 0.160 e. The lowest BCUT2D eigenvalue weighted by Gasteiger charge is -2.41. The van der Waals surface area contributed by atoms with E-state index in [2.05, 4.69) is 11.4 Å². The number of aromatic hydroxyl groups is 1. The summed E-state index contributed by atoms with van der Waals surface area (Å²) in [7, 11) is 3.34. The molecule has 3 unspecified atom stereocenters. The number of hydrogen-bond acceptors (Lipinski definition) is 4. The van der Waals surface area contributed by atoms with Gasteiger partial charge in [0.05, 0.1) is 20.0 Å². The Labute approximate surface area is 132 Å². The molecule has 1 aromatic rings. The Balaban J connectivity index is 1.72. The molecule has 1 saturated heterocycles. The first-order valence-electron chi connectivity index (χ1n) is 8.03. The van der Waals surface area contributed by atoms with Crippen molar-refractivity contribution in [1.82, 2.24) is 5.32 Å². The second-order valence-corrected chi connectivity index (χ2v) is 6.30. The predicted molar refractivity (Wildman–Crippen MR) is 86.1 cm³/mol. The molecule has 2 N–H and O–H groups in total. The number of allylic oxidation sites excluding steroid dienone is 2. The van der Waals surface area contributed by atoms with Crippen LogP contribution in [0.5, 0.6) is 11.5 Å². The van der Waals surface area contributed by atoms with Crippen LogP contribution in [0.4, 0.5) is 0 Å². The highest BCUT2D eigenvalue weighted by molar-refractivity contribution is 5.42. The molecule has 3 atom stereocenters. The van der Waals surface area contributed by atoms with E-state index in [4.69, 9.17) is 9.47 Å². The van der Waals surface area contributed by atoms with Crippen molar-refractivity contribution in [2.45, 2.75) is 31.7 Å². The van der Waals surface area contributed by atoms with Gasteiger partial charge in [0.25, 0.3) is 0 Å². The molecule has 0 radical (unpaired) electrons. The predicted octanol–water partition coefficient (Wildman–Crippen LogP) is 2.86. The number of piperidine rings is 1. The van der Waals surface area contributed by atoms with E-state index in [0.29, 0.717) is 23.6 Å². The monoisotopic (exact) mass is 303 g/mol. The molecule has 0 aromatic heterocycles. The fourth-order valence-electron chi connectivity index (χ4n) is 3.87. The summed E-state index contributed by atoms with van der Waals surface area (Å²) < 4.78 is 10.5. The highest BCUT2D eigenvalue weighted by Gasteiger charge is 2.35. The van der Waals surface area contributed by atoms with E-state index in [0.717, 1.165) is 37.1 Å². The van der Waals surface area contributed by atoms with Gasteiger partial charge >= 0.3 is 0 Å². The molecule has 2 aliphatic rings. The summed E-state index contributed by atoms with van der Waals surface area (Å²) in [4.78, 5) is 0. The minimum Gasteiger partial charge on any atom is -0.504 e. The van der Waals surface area contributed by atoms with Crippen LogP contribution in [0.25, 0.3) is 0 Å². The summed E-state index contributed by atoms with van der Waals surface area (Å²) in [6.45, 7) is 1.06. The average Bonchev–Trinajstić information content (AvgIpc) is 2.55. The second kappa shape index (κ2) is 6.61. The number of ether oxygens (including phenoxy) is 2. The van der Waals surface area contributed by atoms with Crippen LogP contribution in [-0.4, -0.2) is 31.9 Å². The number of benzene rings is 1. The first-order valence-corrected chi connectivity index (χ1v) is 8.03. The molecular weight excluding hydrogens is 278 g/mol. The van der Waals surface area contributed by atoms with Gasteiger partial charge in [-0.25, -0.2) is 0 Å². The van der Waals surface area contributed by atoms with Gasteiger partial charge in [-0.1, -0.05) is 6.07 Å². The summed E-state index contributed by atoms with van der Waals surface area (Å²) >= 11 is 0. The highest BCUT2D eigenvalue weighted by Crippen LogP contribution is 2.38. The van der Waals surface area contributed by atoms with Crippen molar-refractivity contribution < 1.29 is 14.6 Å². The Kier molecular flexibility index (Phi) is 4.57. The van der Waals surface area contributed by atoms with E-state index in [1.54, 1.807) is 14.2 Å². The lowest BCUT2D eigenvalue weighted by molar-refractivity contribution is 0.143. The van der Waals surface area contributed by atoms with Gasteiger partial charge in [-0.15, -0.1) is 0 Å². The number of rotatable bonds is 4. The average molecular weight is 303 g/mol. The van der Waals surface area contributed by atoms with Crippen LogP contribution in [0.3, 0.4) is 0 Å². The molecule has 3 rings (SSSR count). The molecule has 1 aliphatic heterocycles. The fraction of sp³-hybridized carbons (Fsp3) is 0.556. The zero-order valence-corrected chi connectivity index (χ0v) is 13.3. The second-order valence-electron chi connectivity index (χ2n) is 6.30. The van der Waals surface area contributed by atoms with Gasteiger partial charge in [-0.05, 0) is 61.4 Å². The van der Waals surface area contributed by atoms with Gasteiger partial charge in [-0.3, -0.25) is 0 Å². The molecule has 4 nitrogen and oxygen atoms in total. The zero-order chi connectivity index (χ0) is 15.5. The molecule has 0 bridgehead atoms. The van der Waals surface area contributed by atoms with E-state index >= 15 is 0 Å². The number of methoxy groups -OCH3 is 2. The van der Waals surface area contributed by atoms with Crippen molar-refractivity contribution in [3.05, 3.63) is 35.6 Å². The first kappa shape index (κ1) is 15.2.